The van der Waals surface area contributed by atoms with E-state index in [0.29, 0.717) is 0 Å². The first kappa shape index (κ1) is 13.9. The lowest BCUT2D eigenvalue weighted by molar-refractivity contribution is 0.361. The molecule has 3 N–H and O–H groups in total. The van der Waals surface area contributed by atoms with E-state index >= 15 is 0 Å². The van der Waals surface area contributed by atoms with E-state index < -0.39 is 10.0 Å². The van der Waals surface area contributed by atoms with E-state index in [-0.39, 0.29) is 17.0 Å². The standard InChI is InChI=1S/C12H18N2O2S2/c13-11-3-1-2-4-12(11)14-18(15,16)10-7-5-9(17)6-8-10/h5-8,11-12,14,17H,1-4,13H2. The van der Waals surface area contributed by atoms with Crippen LogP contribution >= 0.6 is 12.6 Å². The minimum Gasteiger partial charge on any atom is -0.326 e. The summed E-state index contributed by atoms with van der Waals surface area (Å²) in [7, 11) is -3.47. The van der Waals surface area contributed by atoms with Gasteiger partial charge in [-0.05, 0) is 37.1 Å². The van der Waals surface area contributed by atoms with Crippen molar-refractivity contribution in [1.82, 2.24) is 4.72 Å². The van der Waals surface area contributed by atoms with E-state index in [4.69, 9.17) is 5.73 Å². The van der Waals surface area contributed by atoms with Crippen molar-refractivity contribution in [2.24, 2.45) is 5.73 Å². The van der Waals surface area contributed by atoms with E-state index in [2.05, 4.69) is 17.4 Å². The maximum Gasteiger partial charge on any atom is 0.240 e. The van der Waals surface area contributed by atoms with Gasteiger partial charge in [0.1, 0.15) is 0 Å². The minimum absolute atomic E-state index is 0.0855. The predicted molar refractivity (Wildman–Crippen MR) is 74.2 cm³/mol. The van der Waals surface area contributed by atoms with Gasteiger partial charge in [0.2, 0.25) is 10.0 Å². The van der Waals surface area contributed by atoms with Gasteiger partial charge in [0.25, 0.3) is 0 Å². The summed E-state index contributed by atoms with van der Waals surface area (Å²) in [5, 5.41) is 0. The number of nitrogens with two attached hydrogens (primary N) is 1. The van der Waals surface area contributed by atoms with Crippen molar-refractivity contribution in [2.75, 3.05) is 0 Å². The molecule has 1 saturated carbocycles. The third-order valence-corrected chi connectivity index (χ3v) is 5.08. The predicted octanol–water partition coefficient (Wildman–Crippen LogP) is 1.52. The fourth-order valence-electron chi connectivity index (χ4n) is 2.20. The first-order valence-electron chi connectivity index (χ1n) is 6.06. The summed E-state index contributed by atoms with van der Waals surface area (Å²) in [6.07, 6.45) is 3.79. The van der Waals surface area contributed by atoms with Crippen molar-refractivity contribution in [2.45, 2.75) is 47.6 Å². The second-order valence-electron chi connectivity index (χ2n) is 4.67. The Morgan fingerprint density at radius 2 is 1.78 bits per heavy atom. The van der Waals surface area contributed by atoms with Gasteiger partial charge in [-0.2, -0.15) is 0 Å². The summed E-state index contributed by atoms with van der Waals surface area (Å²) in [5.74, 6) is 0. The molecule has 0 amide bonds. The topological polar surface area (TPSA) is 72.2 Å². The molecule has 18 heavy (non-hydrogen) atoms. The van der Waals surface area contributed by atoms with Crippen LogP contribution in [-0.2, 0) is 10.0 Å². The summed E-state index contributed by atoms with van der Waals surface area (Å²) < 4.78 is 27.0. The Hall–Kier alpha value is -0.560. The number of sulfonamides is 1. The number of hydrogen-bond acceptors (Lipinski definition) is 4. The minimum atomic E-state index is -3.47. The van der Waals surface area contributed by atoms with Crippen molar-refractivity contribution in [3.05, 3.63) is 24.3 Å². The normalized spacial score (nSPS) is 25.0. The number of thiol groups is 1. The summed E-state index contributed by atoms with van der Waals surface area (Å²) in [6.45, 7) is 0. The Kier molecular flexibility index (Phi) is 4.32. The summed E-state index contributed by atoms with van der Waals surface area (Å²) in [4.78, 5) is 1.00. The van der Waals surface area contributed by atoms with Crippen LogP contribution in [0.3, 0.4) is 0 Å². The molecule has 2 rings (SSSR count). The van der Waals surface area contributed by atoms with Gasteiger partial charge in [0, 0.05) is 17.0 Å². The quantitative estimate of drug-likeness (QED) is 0.738. The van der Waals surface area contributed by atoms with E-state index in [1.807, 2.05) is 0 Å². The van der Waals surface area contributed by atoms with Crippen molar-refractivity contribution in [3.8, 4) is 0 Å². The van der Waals surface area contributed by atoms with Gasteiger partial charge in [-0.1, -0.05) is 12.8 Å². The maximum absolute atomic E-state index is 12.2. The third-order valence-electron chi connectivity index (χ3n) is 3.27. The van der Waals surface area contributed by atoms with Gasteiger partial charge in [0.05, 0.1) is 4.90 Å². The van der Waals surface area contributed by atoms with E-state index in [0.717, 1.165) is 30.6 Å². The molecule has 100 valence electrons. The lowest BCUT2D eigenvalue weighted by Crippen LogP contribution is -2.49. The van der Waals surface area contributed by atoms with Crippen LogP contribution in [0.2, 0.25) is 0 Å². The van der Waals surface area contributed by atoms with E-state index in [9.17, 15) is 8.42 Å². The fourth-order valence-corrected chi connectivity index (χ4v) is 3.67. The monoisotopic (exact) mass is 286 g/mol. The zero-order valence-corrected chi connectivity index (χ0v) is 11.8. The maximum atomic E-state index is 12.2. The zero-order valence-electron chi connectivity index (χ0n) is 10.0. The molecule has 0 spiro atoms. The van der Waals surface area contributed by atoms with Gasteiger partial charge in [-0.25, -0.2) is 13.1 Å². The molecule has 0 heterocycles. The van der Waals surface area contributed by atoms with Gasteiger partial charge in [-0.15, -0.1) is 12.6 Å². The number of rotatable bonds is 3. The Morgan fingerprint density at radius 1 is 1.17 bits per heavy atom. The molecule has 1 aromatic rings. The highest BCUT2D eigenvalue weighted by Gasteiger charge is 2.26. The number of benzene rings is 1. The Balaban J connectivity index is 2.13. The second kappa shape index (κ2) is 5.61. The molecule has 0 bridgehead atoms. The van der Waals surface area contributed by atoms with Crippen LogP contribution in [-0.4, -0.2) is 20.5 Å². The van der Waals surface area contributed by atoms with Crippen molar-refractivity contribution in [3.63, 3.8) is 0 Å². The number of nitrogens with one attached hydrogen (secondary N) is 1. The molecule has 0 radical (unpaired) electrons. The highest BCUT2D eigenvalue weighted by atomic mass is 32.2. The molecule has 2 unspecified atom stereocenters. The van der Waals surface area contributed by atoms with Crippen LogP contribution in [0.5, 0.6) is 0 Å². The number of hydrogen-bond donors (Lipinski definition) is 3. The molecule has 1 aliphatic rings. The summed E-state index contributed by atoms with van der Waals surface area (Å²) in [5.41, 5.74) is 5.95. The molecule has 2 atom stereocenters. The van der Waals surface area contributed by atoms with Crippen molar-refractivity contribution in [1.29, 1.82) is 0 Å². The average Bonchev–Trinajstić information content (AvgIpc) is 2.32. The Morgan fingerprint density at radius 3 is 2.39 bits per heavy atom. The van der Waals surface area contributed by atoms with Crippen LogP contribution in [0.4, 0.5) is 0 Å². The highest BCUT2D eigenvalue weighted by Crippen LogP contribution is 2.20. The lowest BCUT2D eigenvalue weighted by Gasteiger charge is -2.29. The first-order chi connectivity index (χ1) is 8.49. The SMILES string of the molecule is NC1CCCCC1NS(=O)(=O)c1ccc(S)cc1. The van der Waals surface area contributed by atoms with Crippen LogP contribution < -0.4 is 10.5 Å². The molecular formula is C12H18N2O2S2. The second-order valence-corrected chi connectivity index (χ2v) is 6.90. The molecule has 0 aliphatic heterocycles. The molecule has 1 aliphatic carbocycles. The van der Waals surface area contributed by atoms with Gasteiger partial charge in [-0.3, -0.25) is 0 Å². The van der Waals surface area contributed by atoms with Gasteiger partial charge in [0.15, 0.2) is 0 Å². The van der Waals surface area contributed by atoms with Crippen LogP contribution in [0.25, 0.3) is 0 Å². The largest absolute Gasteiger partial charge is 0.326 e. The Labute approximate surface area is 113 Å². The Bertz CT molecular complexity index is 499. The van der Waals surface area contributed by atoms with E-state index in [1.54, 1.807) is 24.3 Å². The molecule has 6 heteroatoms. The van der Waals surface area contributed by atoms with Crippen LogP contribution in [0, 0.1) is 0 Å². The summed E-state index contributed by atoms with van der Waals surface area (Å²) >= 11 is 4.14. The molecule has 0 aromatic heterocycles. The van der Waals surface area contributed by atoms with E-state index in [1.165, 1.54) is 0 Å². The average molecular weight is 286 g/mol. The summed E-state index contributed by atoms with van der Waals surface area (Å²) in [6, 6.07) is 6.20. The highest BCUT2D eigenvalue weighted by molar-refractivity contribution is 7.89. The van der Waals surface area contributed by atoms with Crippen LogP contribution in [0.15, 0.2) is 34.1 Å². The molecular weight excluding hydrogens is 268 g/mol. The molecule has 1 fully saturated rings. The van der Waals surface area contributed by atoms with Gasteiger partial charge >= 0.3 is 0 Å². The molecule has 0 saturated heterocycles. The van der Waals surface area contributed by atoms with Crippen LogP contribution in [0.1, 0.15) is 25.7 Å². The third kappa shape index (κ3) is 3.26. The lowest BCUT2D eigenvalue weighted by atomic mass is 9.92. The molecule has 4 nitrogen and oxygen atoms in total. The van der Waals surface area contributed by atoms with Crippen molar-refractivity contribution >= 4 is 22.7 Å². The van der Waals surface area contributed by atoms with Gasteiger partial charge < -0.3 is 5.73 Å². The zero-order chi connectivity index (χ0) is 13.2. The first-order valence-corrected chi connectivity index (χ1v) is 7.99. The van der Waals surface area contributed by atoms with Crippen molar-refractivity contribution < 1.29 is 8.42 Å². The molecule has 1 aromatic carbocycles. The fraction of sp³-hybridized carbons (Fsp3) is 0.500. The smallest absolute Gasteiger partial charge is 0.240 e.